The highest BCUT2D eigenvalue weighted by atomic mass is 16.4. The van der Waals surface area contributed by atoms with Crippen LogP contribution in [0.3, 0.4) is 0 Å². The first kappa shape index (κ1) is 8.10. The number of hydrogen-bond acceptors (Lipinski definition) is 3. The Balaban J connectivity index is 2.06. The van der Waals surface area contributed by atoms with E-state index in [2.05, 4.69) is 15.2 Å². The van der Waals surface area contributed by atoms with E-state index in [-0.39, 0.29) is 0 Å². The van der Waals surface area contributed by atoms with E-state index in [1.807, 2.05) is 0 Å². The fourth-order valence-electron chi connectivity index (χ4n) is 1.64. The number of nitrogens with one attached hydrogen (secondary N) is 1. The van der Waals surface area contributed by atoms with Crippen LogP contribution in [0.4, 0.5) is 4.79 Å². The Morgan fingerprint density at radius 1 is 1.69 bits per heavy atom. The Hall–Kier alpha value is -1.52. The van der Waals surface area contributed by atoms with E-state index >= 15 is 0 Å². The number of carbonyl (C=O) groups is 1. The number of amidine groups is 1. The second-order valence-electron chi connectivity index (χ2n) is 3.15. The Kier molecular flexibility index (Phi) is 1.92. The fourth-order valence-corrected chi connectivity index (χ4v) is 1.64. The largest absolute Gasteiger partial charge is 0.465 e. The van der Waals surface area contributed by atoms with Crippen molar-refractivity contribution in [3.63, 3.8) is 0 Å². The van der Waals surface area contributed by atoms with Crippen molar-refractivity contribution in [1.82, 2.24) is 10.2 Å². The van der Waals surface area contributed by atoms with Crippen LogP contribution in [-0.4, -0.2) is 35.0 Å². The Bertz CT molecular complexity index is 296. The smallest absolute Gasteiger partial charge is 0.409 e. The van der Waals surface area contributed by atoms with Gasteiger partial charge < -0.3 is 10.0 Å². The molecule has 2 aliphatic rings. The molecule has 1 saturated heterocycles. The Morgan fingerprint density at radius 2 is 2.54 bits per heavy atom. The molecule has 5 nitrogen and oxygen atoms in total. The van der Waals surface area contributed by atoms with Gasteiger partial charge in [0.1, 0.15) is 5.84 Å². The van der Waals surface area contributed by atoms with Crippen LogP contribution < -0.4 is 5.32 Å². The zero-order valence-corrected chi connectivity index (χ0v) is 7.16. The summed E-state index contributed by atoms with van der Waals surface area (Å²) in [6.07, 6.45) is 2.71. The van der Waals surface area contributed by atoms with Gasteiger partial charge >= 0.3 is 6.09 Å². The lowest BCUT2D eigenvalue weighted by Gasteiger charge is -2.23. The van der Waals surface area contributed by atoms with Crippen molar-refractivity contribution in [2.24, 2.45) is 4.99 Å². The maximum absolute atomic E-state index is 10.3. The van der Waals surface area contributed by atoms with Crippen LogP contribution in [-0.2, 0) is 0 Å². The summed E-state index contributed by atoms with van der Waals surface area (Å²) in [4.78, 5) is 16.6. The van der Waals surface area contributed by atoms with Crippen LogP contribution in [0.1, 0.15) is 12.8 Å². The molecule has 5 heteroatoms. The summed E-state index contributed by atoms with van der Waals surface area (Å²) in [5.41, 5.74) is 0.651. The van der Waals surface area contributed by atoms with Gasteiger partial charge in [-0.05, 0) is 6.42 Å². The third-order valence-electron chi connectivity index (χ3n) is 2.19. The molecule has 0 radical (unpaired) electrons. The summed E-state index contributed by atoms with van der Waals surface area (Å²) in [6, 6.07) is 0. The highest BCUT2D eigenvalue weighted by Gasteiger charge is 2.22. The van der Waals surface area contributed by atoms with Crippen molar-refractivity contribution >= 4 is 11.9 Å². The molecule has 0 aliphatic carbocycles. The zero-order chi connectivity index (χ0) is 9.26. The van der Waals surface area contributed by atoms with Crippen molar-refractivity contribution in [2.45, 2.75) is 12.8 Å². The molecule has 13 heavy (non-hydrogen) atoms. The van der Waals surface area contributed by atoms with Crippen molar-refractivity contribution in [1.29, 1.82) is 0 Å². The minimum Gasteiger partial charge on any atom is -0.465 e. The standard InChI is InChI=1S/C8H11N3O2/c12-8(13)10-6-4-9-7-2-1-3-11(7)5-6/h4,10H,1-3,5H2,(H,12,13). The molecule has 0 unspecified atom stereocenters. The van der Waals surface area contributed by atoms with E-state index in [0.717, 1.165) is 25.2 Å². The third kappa shape index (κ3) is 1.63. The molecule has 70 valence electrons. The molecule has 0 aromatic rings. The normalized spacial score (nSPS) is 20.5. The molecule has 2 aliphatic heterocycles. The van der Waals surface area contributed by atoms with Gasteiger partial charge in [-0.1, -0.05) is 0 Å². The summed E-state index contributed by atoms with van der Waals surface area (Å²) in [5, 5.41) is 10.8. The average molecular weight is 181 g/mol. The van der Waals surface area contributed by atoms with Crippen molar-refractivity contribution in [3.05, 3.63) is 11.9 Å². The molecular weight excluding hydrogens is 170 g/mol. The summed E-state index contributed by atoms with van der Waals surface area (Å²) in [6.45, 7) is 1.63. The number of fused-ring (bicyclic) bond motifs is 1. The van der Waals surface area contributed by atoms with Crippen LogP contribution >= 0.6 is 0 Å². The highest BCUT2D eigenvalue weighted by Crippen LogP contribution is 2.16. The molecule has 0 spiro atoms. The van der Waals surface area contributed by atoms with Gasteiger partial charge in [-0.25, -0.2) is 9.79 Å². The Labute approximate surface area is 75.8 Å². The SMILES string of the molecule is O=C(O)NC1=CN=C2CCCN2C1. The number of nitrogens with zero attached hydrogens (tertiary/aromatic N) is 2. The van der Waals surface area contributed by atoms with Crippen LogP contribution in [0.25, 0.3) is 0 Å². The number of amides is 1. The van der Waals surface area contributed by atoms with Crippen LogP contribution in [0.15, 0.2) is 16.9 Å². The predicted octanol–water partition coefficient (Wildman–Crippen LogP) is 0.603. The van der Waals surface area contributed by atoms with E-state index < -0.39 is 6.09 Å². The van der Waals surface area contributed by atoms with Gasteiger partial charge in [-0.15, -0.1) is 0 Å². The third-order valence-corrected chi connectivity index (χ3v) is 2.19. The first-order chi connectivity index (χ1) is 6.25. The van der Waals surface area contributed by atoms with E-state index in [9.17, 15) is 4.79 Å². The molecule has 2 heterocycles. The van der Waals surface area contributed by atoms with E-state index in [1.165, 1.54) is 0 Å². The first-order valence-corrected chi connectivity index (χ1v) is 4.26. The molecule has 0 saturated carbocycles. The van der Waals surface area contributed by atoms with Crippen molar-refractivity contribution in [3.8, 4) is 0 Å². The summed E-state index contributed by atoms with van der Waals surface area (Å²) in [5.74, 6) is 1.08. The summed E-state index contributed by atoms with van der Waals surface area (Å²) >= 11 is 0. The van der Waals surface area contributed by atoms with E-state index in [4.69, 9.17) is 5.11 Å². The topological polar surface area (TPSA) is 64.9 Å². The maximum Gasteiger partial charge on any atom is 0.409 e. The number of hydrogen-bond donors (Lipinski definition) is 2. The molecule has 0 bridgehead atoms. The monoisotopic (exact) mass is 181 g/mol. The summed E-state index contributed by atoms with van der Waals surface area (Å²) in [7, 11) is 0. The minimum absolute atomic E-state index is 0.644. The molecule has 1 fully saturated rings. The first-order valence-electron chi connectivity index (χ1n) is 4.26. The molecule has 0 atom stereocenters. The van der Waals surface area contributed by atoms with Crippen LogP contribution in [0.5, 0.6) is 0 Å². The predicted molar refractivity (Wildman–Crippen MR) is 47.5 cm³/mol. The van der Waals surface area contributed by atoms with Gasteiger partial charge in [-0.2, -0.15) is 0 Å². The minimum atomic E-state index is -1.02. The van der Waals surface area contributed by atoms with Gasteiger partial charge in [0.15, 0.2) is 0 Å². The number of carboxylic acid groups (broad SMARTS) is 1. The second-order valence-corrected chi connectivity index (χ2v) is 3.15. The van der Waals surface area contributed by atoms with Crippen molar-refractivity contribution < 1.29 is 9.90 Å². The molecular formula is C8H11N3O2. The fraction of sp³-hybridized carbons (Fsp3) is 0.500. The van der Waals surface area contributed by atoms with E-state index in [1.54, 1.807) is 6.20 Å². The maximum atomic E-state index is 10.3. The number of aliphatic imine (C=N–C) groups is 1. The molecule has 2 rings (SSSR count). The van der Waals surface area contributed by atoms with Crippen LogP contribution in [0.2, 0.25) is 0 Å². The van der Waals surface area contributed by atoms with Gasteiger partial charge in [-0.3, -0.25) is 5.32 Å². The van der Waals surface area contributed by atoms with Crippen molar-refractivity contribution in [2.75, 3.05) is 13.1 Å². The molecule has 2 N–H and O–H groups in total. The van der Waals surface area contributed by atoms with Gasteiger partial charge in [0.05, 0.1) is 18.4 Å². The van der Waals surface area contributed by atoms with E-state index in [0.29, 0.717) is 12.2 Å². The van der Waals surface area contributed by atoms with Gasteiger partial charge in [0.2, 0.25) is 0 Å². The van der Waals surface area contributed by atoms with Gasteiger partial charge in [0, 0.05) is 13.0 Å². The zero-order valence-electron chi connectivity index (χ0n) is 7.16. The number of rotatable bonds is 1. The molecule has 0 aromatic carbocycles. The molecule has 0 aromatic heterocycles. The Morgan fingerprint density at radius 3 is 3.31 bits per heavy atom. The van der Waals surface area contributed by atoms with Crippen LogP contribution in [0, 0.1) is 0 Å². The lowest BCUT2D eigenvalue weighted by atomic mass is 10.3. The molecule has 1 amide bonds. The highest BCUT2D eigenvalue weighted by molar-refractivity contribution is 5.86. The summed E-state index contributed by atoms with van der Waals surface area (Å²) < 4.78 is 0. The van der Waals surface area contributed by atoms with Gasteiger partial charge in [0.25, 0.3) is 0 Å². The quantitative estimate of drug-likeness (QED) is 0.622. The average Bonchev–Trinajstić information content (AvgIpc) is 2.49. The second kappa shape index (κ2) is 3.08. The lowest BCUT2D eigenvalue weighted by Crippen LogP contribution is -2.35. The lowest BCUT2D eigenvalue weighted by molar-refractivity contribution is 0.196.